The van der Waals surface area contributed by atoms with Gasteiger partial charge < -0.3 is 9.84 Å². The lowest BCUT2D eigenvalue weighted by Crippen LogP contribution is -2.29. The number of anilines is 1. The summed E-state index contributed by atoms with van der Waals surface area (Å²) in [5.41, 5.74) is 2.95. The second-order valence-electron chi connectivity index (χ2n) is 9.11. The fraction of sp³-hybridized carbons (Fsp3) is 0.214. The Morgan fingerprint density at radius 3 is 2.03 bits per heavy atom. The fourth-order valence-corrected chi connectivity index (χ4v) is 4.07. The van der Waals surface area contributed by atoms with E-state index in [2.05, 4.69) is 20.8 Å². The number of aliphatic hydroxyl groups is 1. The van der Waals surface area contributed by atoms with E-state index in [0.29, 0.717) is 17.0 Å². The van der Waals surface area contributed by atoms with Crippen molar-refractivity contribution in [2.24, 2.45) is 0 Å². The minimum absolute atomic E-state index is 0.0388. The lowest BCUT2D eigenvalue weighted by atomic mass is 9.85. The molecule has 3 aromatic carbocycles. The van der Waals surface area contributed by atoms with E-state index in [4.69, 9.17) is 4.74 Å². The highest BCUT2D eigenvalue weighted by atomic mass is 16.5. The van der Waals surface area contributed by atoms with Crippen LogP contribution in [0.4, 0.5) is 5.69 Å². The third kappa shape index (κ3) is 4.14. The molecule has 1 aliphatic heterocycles. The highest BCUT2D eigenvalue weighted by Gasteiger charge is 2.46. The summed E-state index contributed by atoms with van der Waals surface area (Å²) in [4.78, 5) is 27.8. The molecule has 5 heteroatoms. The molecule has 1 N–H and O–H groups in total. The SMILES string of the molecule is COc1ccc(/C(O)=C2/C(=O)C(=O)N(c3ccccc3)C2c2ccc(C(C)(C)C)cc2)cc1. The highest BCUT2D eigenvalue weighted by molar-refractivity contribution is 6.51. The first kappa shape index (κ1) is 22.3. The molecule has 1 heterocycles. The molecule has 0 spiro atoms. The van der Waals surface area contributed by atoms with Crippen LogP contribution in [0.5, 0.6) is 5.75 Å². The van der Waals surface area contributed by atoms with Crippen molar-refractivity contribution in [2.45, 2.75) is 32.2 Å². The molecule has 0 aromatic heterocycles. The number of amides is 1. The van der Waals surface area contributed by atoms with Gasteiger partial charge >= 0.3 is 0 Å². The van der Waals surface area contributed by atoms with Crippen molar-refractivity contribution in [3.8, 4) is 5.75 Å². The van der Waals surface area contributed by atoms with Gasteiger partial charge in [0.1, 0.15) is 11.5 Å². The van der Waals surface area contributed by atoms with Gasteiger partial charge in [0.05, 0.1) is 18.7 Å². The van der Waals surface area contributed by atoms with Crippen LogP contribution in [0.3, 0.4) is 0 Å². The Morgan fingerprint density at radius 2 is 1.48 bits per heavy atom. The molecule has 1 unspecified atom stereocenters. The number of carbonyl (C=O) groups is 2. The van der Waals surface area contributed by atoms with Gasteiger partial charge in [-0.15, -0.1) is 0 Å². The summed E-state index contributed by atoms with van der Waals surface area (Å²) < 4.78 is 5.19. The number of hydrogen-bond acceptors (Lipinski definition) is 4. The zero-order chi connectivity index (χ0) is 23.8. The van der Waals surface area contributed by atoms with Crippen LogP contribution in [0, 0.1) is 0 Å². The zero-order valence-corrected chi connectivity index (χ0v) is 19.2. The third-order valence-corrected chi connectivity index (χ3v) is 5.93. The molecule has 1 atom stereocenters. The Labute approximate surface area is 193 Å². The van der Waals surface area contributed by atoms with Gasteiger partial charge in [0.15, 0.2) is 0 Å². The Kier molecular flexibility index (Phi) is 5.81. The van der Waals surface area contributed by atoms with Crippen LogP contribution in [0.15, 0.2) is 84.4 Å². The molecular weight excluding hydrogens is 414 g/mol. The average Bonchev–Trinajstić information content (AvgIpc) is 3.09. The van der Waals surface area contributed by atoms with Gasteiger partial charge in [-0.25, -0.2) is 0 Å². The molecule has 4 rings (SSSR count). The number of ketones is 1. The van der Waals surface area contributed by atoms with E-state index >= 15 is 0 Å². The maximum atomic E-state index is 13.2. The minimum Gasteiger partial charge on any atom is -0.507 e. The lowest BCUT2D eigenvalue weighted by Gasteiger charge is -2.26. The molecule has 0 bridgehead atoms. The van der Waals surface area contributed by atoms with Crippen LogP contribution in [-0.2, 0) is 15.0 Å². The zero-order valence-electron chi connectivity index (χ0n) is 19.2. The Hall–Kier alpha value is -3.86. The van der Waals surface area contributed by atoms with Crippen molar-refractivity contribution >= 4 is 23.1 Å². The van der Waals surface area contributed by atoms with Crippen molar-refractivity contribution in [2.75, 3.05) is 12.0 Å². The number of aliphatic hydroxyl groups excluding tert-OH is 1. The van der Waals surface area contributed by atoms with E-state index in [1.165, 1.54) is 4.90 Å². The second-order valence-corrected chi connectivity index (χ2v) is 9.11. The van der Waals surface area contributed by atoms with Crippen LogP contribution < -0.4 is 9.64 Å². The summed E-state index contributed by atoms with van der Waals surface area (Å²) in [5, 5.41) is 11.2. The van der Waals surface area contributed by atoms with Gasteiger partial charge in [-0.3, -0.25) is 14.5 Å². The molecular formula is C28H27NO4. The van der Waals surface area contributed by atoms with Crippen LogP contribution in [0.1, 0.15) is 43.5 Å². The molecule has 1 fully saturated rings. The number of hydrogen-bond donors (Lipinski definition) is 1. The molecule has 3 aromatic rings. The lowest BCUT2D eigenvalue weighted by molar-refractivity contribution is -0.132. The average molecular weight is 442 g/mol. The summed E-state index contributed by atoms with van der Waals surface area (Å²) in [6.45, 7) is 6.38. The van der Waals surface area contributed by atoms with Crippen LogP contribution in [-0.4, -0.2) is 23.9 Å². The van der Waals surface area contributed by atoms with Crippen molar-refractivity contribution in [3.63, 3.8) is 0 Å². The summed E-state index contributed by atoms with van der Waals surface area (Å²) in [5.74, 6) is -0.955. The monoisotopic (exact) mass is 441 g/mol. The van der Waals surface area contributed by atoms with Crippen LogP contribution in [0.2, 0.25) is 0 Å². The molecule has 0 aliphatic carbocycles. The Balaban J connectivity index is 1.90. The van der Waals surface area contributed by atoms with Gasteiger partial charge in [-0.1, -0.05) is 63.2 Å². The first-order valence-corrected chi connectivity index (χ1v) is 10.8. The molecule has 0 radical (unpaired) electrons. The number of ether oxygens (including phenoxy) is 1. The predicted molar refractivity (Wildman–Crippen MR) is 129 cm³/mol. The van der Waals surface area contributed by atoms with E-state index in [-0.39, 0.29) is 16.7 Å². The van der Waals surface area contributed by atoms with E-state index in [1.54, 1.807) is 43.5 Å². The predicted octanol–water partition coefficient (Wildman–Crippen LogP) is 5.62. The van der Waals surface area contributed by atoms with E-state index in [9.17, 15) is 14.7 Å². The quantitative estimate of drug-likeness (QED) is 0.324. The van der Waals surface area contributed by atoms with Crippen molar-refractivity contribution < 1.29 is 19.4 Å². The largest absolute Gasteiger partial charge is 0.507 e. The van der Waals surface area contributed by atoms with Crippen molar-refractivity contribution in [1.82, 2.24) is 0 Å². The van der Waals surface area contributed by atoms with Crippen molar-refractivity contribution in [1.29, 1.82) is 0 Å². The number of para-hydroxylation sites is 1. The van der Waals surface area contributed by atoms with Gasteiger partial charge in [-0.2, -0.15) is 0 Å². The molecule has 1 amide bonds. The standard InChI is InChI=1S/C28H27NO4/c1-28(2,3)20-14-10-18(11-15-20)24-23(25(30)19-12-16-22(33-4)17-13-19)26(31)27(32)29(24)21-8-6-5-7-9-21/h5-17,24,30H,1-4H3/b25-23-. The maximum Gasteiger partial charge on any atom is 0.300 e. The number of nitrogens with zero attached hydrogens (tertiary/aromatic N) is 1. The smallest absolute Gasteiger partial charge is 0.300 e. The van der Waals surface area contributed by atoms with Crippen molar-refractivity contribution in [3.05, 3.63) is 101 Å². The number of benzene rings is 3. The molecule has 5 nitrogen and oxygen atoms in total. The second kappa shape index (κ2) is 8.58. The first-order chi connectivity index (χ1) is 15.7. The van der Waals surface area contributed by atoms with E-state index in [1.807, 2.05) is 42.5 Å². The van der Waals surface area contributed by atoms with Crippen LogP contribution >= 0.6 is 0 Å². The number of methoxy groups -OCH3 is 1. The van der Waals surface area contributed by atoms with Gasteiger partial charge in [0.25, 0.3) is 11.7 Å². The highest BCUT2D eigenvalue weighted by Crippen LogP contribution is 2.42. The third-order valence-electron chi connectivity index (χ3n) is 5.93. The topological polar surface area (TPSA) is 66.8 Å². The molecule has 168 valence electrons. The van der Waals surface area contributed by atoms with Gasteiger partial charge in [0.2, 0.25) is 0 Å². The number of Topliss-reactive ketones (excluding diaryl/α,β-unsaturated/α-hetero) is 1. The van der Waals surface area contributed by atoms with Gasteiger partial charge in [0, 0.05) is 11.3 Å². The summed E-state index contributed by atoms with van der Waals surface area (Å²) in [7, 11) is 1.56. The van der Waals surface area contributed by atoms with Crippen LogP contribution in [0.25, 0.3) is 5.76 Å². The Bertz CT molecular complexity index is 1200. The molecule has 1 saturated heterocycles. The molecule has 1 aliphatic rings. The summed E-state index contributed by atoms with van der Waals surface area (Å²) >= 11 is 0. The summed E-state index contributed by atoms with van der Waals surface area (Å²) in [6.07, 6.45) is 0. The first-order valence-electron chi connectivity index (χ1n) is 10.8. The minimum atomic E-state index is -0.747. The van der Waals surface area contributed by atoms with Gasteiger partial charge in [-0.05, 0) is 52.9 Å². The fourth-order valence-electron chi connectivity index (χ4n) is 4.07. The normalized spacial score (nSPS) is 17.9. The summed E-state index contributed by atoms with van der Waals surface area (Å²) in [6, 6.07) is 22.9. The van der Waals surface area contributed by atoms with E-state index < -0.39 is 17.7 Å². The molecule has 33 heavy (non-hydrogen) atoms. The number of carbonyl (C=O) groups excluding carboxylic acids is 2. The van der Waals surface area contributed by atoms with E-state index in [0.717, 1.165) is 11.1 Å². The Morgan fingerprint density at radius 1 is 0.879 bits per heavy atom. The maximum absolute atomic E-state index is 13.2. The molecule has 0 saturated carbocycles. The number of rotatable bonds is 4.